The van der Waals surface area contributed by atoms with Gasteiger partial charge in [0, 0.05) is 6.42 Å². The average Bonchev–Trinajstić information content (AvgIpc) is 2.15. The molecule has 1 aromatic rings. The minimum atomic E-state index is -0.705. The van der Waals surface area contributed by atoms with E-state index in [1.807, 2.05) is 0 Å². The van der Waals surface area contributed by atoms with Gasteiger partial charge in [-0.25, -0.2) is 4.98 Å². The first-order valence-electron chi connectivity index (χ1n) is 4.26. The highest BCUT2D eigenvalue weighted by Gasteiger charge is 2.24. The van der Waals surface area contributed by atoms with Crippen LogP contribution in [0.15, 0.2) is 6.33 Å². The van der Waals surface area contributed by atoms with Crippen molar-refractivity contribution in [3.8, 4) is 5.88 Å². The first-order valence-corrected chi connectivity index (χ1v) is 4.26. The van der Waals surface area contributed by atoms with E-state index >= 15 is 0 Å². The van der Waals surface area contributed by atoms with E-state index in [1.165, 1.54) is 20.4 Å². The van der Waals surface area contributed by atoms with Crippen molar-refractivity contribution in [1.82, 2.24) is 9.97 Å². The second-order valence-corrected chi connectivity index (χ2v) is 2.99. The van der Waals surface area contributed by atoms with Crippen LogP contribution in [0.3, 0.4) is 0 Å². The molecule has 1 unspecified atom stereocenters. The Hall–Kier alpha value is -1.76. The minimum Gasteiger partial charge on any atom is -0.476 e. The van der Waals surface area contributed by atoms with Crippen molar-refractivity contribution in [3.05, 3.63) is 22.1 Å². The Kier molecular flexibility index (Phi) is 3.51. The van der Waals surface area contributed by atoms with Crippen LogP contribution in [0, 0.1) is 10.1 Å². The van der Waals surface area contributed by atoms with Gasteiger partial charge in [0.25, 0.3) is 5.88 Å². The van der Waals surface area contributed by atoms with E-state index in [2.05, 4.69) is 9.97 Å². The maximum Gasteiger partial charge on any atom is 0.352 e. The zero-order chi connectivity index (χ0) is 11.4. The van der Waals surface area contributed by atoms with Gasteiger partial charge in [-0.3, -0.25) is 10.1 Å². The van der Waals surface area contributed by atoms with Crippen molar-refractivity contribution >= 4 is 5.69 Å². The molecule has 0 fully saturated rings. The van der Waals surface area contributed by atoms with Crippen LogP contribution in [-0.2, 0) is 6.42 Å². The molecular formula is C8H11N3O4. The topological polar surface area (TPSA) is 98.4 Å². The summed E-state index contributed by atoms with van der Waals surface area (Å²) in [5, 5.41) is 19.9. The Morgan fingerprint density at radius 1 is 1.67 bits per heavy atom. The standard InChI is InChI=1S/C8H11N3O4/c1-5(12)3-6-7(11(13)14)8(15-2)10-4-9-6/h4-5,12H,3H2,1-2H3. The normalized spacial score (nSPS) is 12.2. The van der Waals surface area contributed by atoms with Crippen LogP contribution < -0.4 is 4.74 Å². The lowest BCUT2D eigenvalue weighted by atomic mass is 10.2. The van der Waals surface area contributed by atoms with E-state index in [9.17, 15) is 10.1 Å². The van der Waals surface area contributed by atoms with Crippen LogP contribution >= 0.6 is 0 Å². The molecule has 0 aliphatic rings. The first-order chi connectivity index (χ1) is 7.06. The van der Waals surface area contributed by atoms with Gasteiger partial charge < -0.3 is 9.84 Å². The maximum absolute atomic E-state index is 10.7. The van der Waals surface area contributed by atoms with Gasteiger partial charge in [0.2, 0.25) is 0 Å². The highest BCUT2D eigenvalue weighted by molar-refractivity contribution is 5.44. The molecule has 7 nitrogen and oxygen atoms in total. The van der Waals surface area contributed by atoms with Gasteiger partial charge in [-0.1, -0.05) is 0 Å². The van der Waals surface area contributed by atoms with E-state index in [0.717, 1.165) is 0 Å². The molecule has 0 aromatic carbocycles. The van der Waals surface area contributed by atoms with Gasteiger partial charge in [-0.15, -0.1) is 0 Å². The molecule has 0 radical (unpaired) electrons. The van der Waals surface area contributed by atoms with Crippen molar-refractivity contribution in [2.45, 2.75) is 19.4 Å². The van der Waals surface area contributed by atoms with Crippen molar-refractivity contribution in [2.24, 2.45) is 0 Å². The lowest BCUT2D eigenvalue weighted by Gasteiger charge is -2.06. The predicted molar refractivity (Wildman–Crippen MR) is 50.6 cm³/mol. The molecule has 15 heavy (non-hydrogen) atoms. The quantitative estimate of drug-likeness (QED) is 0.571. The highest BCUT2D eigenvalue weighted by atomic mass is 16.6. The third-order valence-corrected chi connectivity index (χ3v) is 1.73. The lowest BCUT2D eigenvalue weighted by Crippen LogP contribution is -2.10. The van der Waals surface area contributed by atoms with Gasteiger partial charge in [-0.2, -0.15) is 4.98 Å². The van der Waals surface area contributed by atoms with Gasteiger partial charge in [0.05, 0.1) is 18.1 Å². The van der Waals surface area contributed by atoms with E-state index in [0.29, 0.717) is 0 Å². The predicted octanol–water partition coefficient (Wildman–Crippen LogP) is 0.317. The number of nitro groups is 1. The van der Waals surface area contributed by atoms with E-state index < -0.39 is 11.0 Å². The zero-order valence-electron chi connectivity index (χ0n) is 8.38. The Balaban J connectivity index is 3.19. The summed E-state index contributed by atoms with van der Waals surface area (Å²) in [6, 6.07) is 0. The van der Waals surface area contributed by atoms with Gasteiger partial charge >= 0.3 is 5.69 Å². The summed E-state index contributed by atoms with van der Waals surface area (Å²) in [6.07, 6.45) is 0.557. The van der Waals surface area contributed by atoms with Crippen LogP contribution in [0.4, 0.5) is 5.69 Å². The summed E-state index contributed by atoms with van der Waals surface area (Å²) in [5.74, 6) is -0.0920. The Morgan fingerprint density at radius 2 is 2.33 bits per heavy atom. The monoisotopic (exact) mass is 213 g/mol. The number of ether oxygens (including phenoxy) is 1. The summed E-state index contributed by atoms with van der Waals surface area (Å²) in [5.41, 5.74) is -0.122. The summed E-state index contributed by atoms with van der Waals surface area (Å²) in [4.78, 5) is 17.5. The van der Waals surface area contributed by atoms with E-state index in [4.69, 9.17) is 9.84 Å². The third kappa shape index (κ3) is 2.59. The van der Waals surface area contributed by atoms with Gasteiger partial charge in [0.1, 0.15) is 12.0 Å². The minimum absolute atomic E-state index is 0.0920. The van der Waals surface area contributed by atoms with Gasteiger partial charge in [0.15, 0.2) is 0 Å². The summed E-state index contributed by atoms with van der Waals surface area (Å²) < 4.78 is 4.75. The SMILES string of the molecule is COc1ncnc(CC(C)O)c1[N+](=O)[O-]. The zero-order valence-corrected chi connectivity index (χ0v) is 8.38. The van der Waals surface area contributed by atoms with E-state index in [1.54, 1.807) is 0 Å². The number of methoxy groups -OCH3 is 1. The van der Waals surface area contributed by atoms with Crippen molar-refractivity contribution in [1.29, 1.82) is 0 Å². The fourth-order valence-corrected chi connectivity index (χ4v) is 1.16. The van der Waals surface area contributed by atoms with Crippen LogP contribution in [0.1, 0.15) is 12.6 Å². The molecule has 0 spiro atoms. The molecule has 1 rings (SSSR count). The van der Waals surface area contributed by atoms with Gasteiger partial charge in [-0.05, 0) is 6.92 Å². The first kappa shape index (κ1) is 11.3. The second kappa shape index (κ2) is 4.65. The molecule has 1 heterocycles. The molecule has 0 saturated heterocycles. The summed E-state index contributed by atoms with van der Waals surface area (Å²) in [7, 11) is 1.29. The van der Waals surface area contributed by atoms with Crippen molar-refractivity contribution in [2.75, 3.05) is 7.11 Å². The van der Waals surface area contributed by atoms with Crippen LogP contribution in [0.2, 0.25) is 0 Å². The second-order valence-electron chi connectivity index (χ2n) is 2.99. The Bertz CT molecular complexity index is 367. The summed E-state index contributed by atoms with van der Waals surface area (Å²) in [6.45, 7) is 1.53. The molecule has 1 aromatic heterocycles. The molecule has 1 N–H and O–H groups in total. The molecule has 1 atom stereocenters. The molecule has 0 bridgehead atoms. The van der Waals surface area contributed by atoms with Crippen LogP contribution in [0.25, 0.3) is 0 Å². The number of nitrogens with zero attached hydrogens (tertiary/aromatic N) is 3. The number of hydrogen-bond donors (Lipinski definition) is 1. The number of rotatable bonds is 4. The van der Waals surface area contributed by atoms with Crippen molar-refractivity contribution < 1.29 is 14.8 Å². The molecule has 0 aliphatic heterocycles. The molecule has 0 amide bonds. The van der Waals surface area contributed by atoms with E-state index in [-0.39, 0.29) is 23.7 Å². The summed E-state index contributed by atoms with van der Waals surface area (Å²) >= 11 is 0. The maximum atomic E-state index is 10.7. The average molecular weight is 213 g/mol. The van der Waals surface area contributed by atoms with Crippen LogP contribution in [0.5, 0.6) is 5.88 Å². The largest absolute Gasteiger partial charge is 0.476 e. The molecular weight excluding hydrogens is 202 g/mol. The van der Waals surface area contributed by atoms with Crippen molar-refractivity contribution in [3.63, 3.8) is 0 Å². The number of hydrogen-bond acceptors (Lipinski definition) is 6. The fourth-order valence-electron chi connectivity index (χ4n) is 1.16. The third-order valence-electron chi connectivity index (χ3n) is 1.73. The fraction of sp³-hybridized carbons (Fsp3) is 0.500. The number of aliphatic hydroxyl groups excluding tert-OH is 1. The Labute approximate surface area is 85.9 Å². The molecule has 0 saturated carbocycles. The number of aromatic nitrogens is 2. The molecule has 7 heteroatoms. The molecule has 82 valence electrons. The Morgan fingerprint density at radius 3 is 2.80 bits per heavy atom. The van der Waals surface area contributed by atoms with Crippen LogP contribution in [-0.4, -0.2) is 33.2 Å². The number of aliphatic hydroxyl groups is 1. The smallest absolute Gasteiger partial charge is 0.352 e. The lowest BCUT2D eigenvalue weighted by molar-refractivity contribution is -0.387. The highest BCUT2D eigenvalue weighted by Crippen LogP contribution is 2.27. The molecule has 0 aliphatic carbocycles.